The van der Waals surface area contributed by atoms with Crippen molar-refractivity contribution < 1.29 is 13.2 Å². The van der Waals surface area contributed by atoms with Gasteiger partial charge in [0.25, 0.3) is 0 Å². The van der Waals surface area contributed by atoms with Crippen molar-refractivity contribution in [2.75, 3.05) is 0 Å². The van der Waals surface area contributed by atoms with Crippen LogP contribution < -0.4 is 0 Å². The van der Waals surface area contributed by atoms with Crippen molar-refractivity contribution in [3.63, 3.8) is 0 Å². The molecule has 108 valence electrons. The molecule has 0 saturated carbocycles. The topological polar surface area (TPSA) is 12.9 Å². The number of alkyl halides is 3. The van der Waals surface area contributed by atoms with Crippen LogP contribution >= 0.6 is 0 Å². The van der Waals surface area contributed by atoms with Crippen LogP contribution in [0.1, 0.15) is 64.1 Å². The van der Waals surface area contributed by atoms with Gasteiger partial charge in [0, 0.05) is 5.69 Å². The van der Waals surface area contributed by atoms with Crippen LogP contribution in [0.15, 0.2) is 6.07 Å². The van der Waals surface area contributed by atoms with Gasteiger partial charge in [0.15, 0.2) is 0 Å². The summed E-state index contributed by atoms with van der Waals surface area (Å²) in [6.45, 7) is 13.4. The maximum atomic E-state index is 12.9. The van der Waals surface area contributed by atoms with Crippen LogP contribution in [-0.4, -0.2) is 4.98 Å². The van der Waals surface area contributed by atoms with Gasteiger partial charge in [-0.3, -0.25) is 0 Å². The van der Waals surface area contributed by atoms with E-state index in [-0.39, 0.29) is 10.8 Å². The second kappa shape index (κ2) is 4.50. The van der Waals surface area contributed by atoms with Gasteiger partial charge in [0.05, 0.1) is 0 Å². The molecule has 4 heteroatoms. The van der Waals surface area contributed by atoms with E-state index in [1.165, 1.54) is 6.07 Å². The molecule has 1 aromatic heterocycles. The highest BCUT2D eigenvalue weighted by Gasteiger charge is 2.36. The van der Waals surface area contributed by atoms with Gasteiger partial charge in [-0.25, -0.2) is 4.98 Å². The van der Waals surface area contributed by atoms with E-state index in [9.17, 15) is 13.2 Å². The first kappa shape index (κ1) is 16.0. The van der Waals surface area contributed by atoms with E-state index in [1.54, 1.807) is 6.92 Å². The van der Waals surface area contributed by atoms with E-state index in [4.69, 9.17) is 0 Å². The van der Waals surface area contributed by atoms with Gasteiger partial charge in [0.2, 0.25) is 0 Å². The van der Waals surface area contributed by atoms with Gasteiger partial charge >= 0.3 is 6.18 Å². The van der Waals surface area contributed by atoms with Gasteiger partial charge < -0.3 is 0 Å². The van der Waals surface area contributed by atoms with Crippen molar-refractivity contribution in [3.05, 3.63) is 28.6 Å². The van der Waals surface area contributed by atoms with Gasteiger partial charge in [-0.05, 0) is 34.9 Å². The molecule has 0 radical (unpaired) electrons. The fourth-order valence-electron chi connectivity index (χ4n) is 2.36. The summed E-state index contributed by atoms with van der Waals surface area (Å²) in [5, 5.41) is 0. The molecule has 0 N–H and O–H groups in total. The summed E-state index contributed by atoms with van der Waals surface area (Å²) in [5.74, 6) is 0. The molecule has 1 nitrogen and oxygen atoms in total. The molecule has 1 rings (SSSR count). The molecule has 0 aliphatic rings. The standard InChI is InChI=1S/C15H22F3N/c1-9-12(14(5,6)7)10(13(2,3)4)8-11(19-9)15(16,17)18/h8H,1-7H3. The third-order valence-corrected chi connectivity index (χ3v) is 3.05. The second-order valence-electron chi connectivity index (χ2n) is 7.01. The molecule has 0 amide bonds. The minimum Gasteiger partial charge on any atom is -0.248 e. The molecule has 0 aliphatic heterocycles. The lowest BCUT2D eigenvalue weighted by molar-refractivity contribution is -0.141. The molecule has 0 unspecified atom stereocenters. The van der Waals surface area contributed by atoms with Crippen LogP contribution in [0.3, 0.4) is 0 Å². The van der Waals surface area contributed by atoms with E-state index >= 15 is 0 Å². The van der Waals surface area contributed by atoms with E-state index in [2.05, 4.69) is 4.98 Å². The van der Waals surface area contributed by atoms with Crippen LogP contribution in [0.25, 0.3) is 0 Å². The van der Waals surface area contributed by atoms with Crippen LogP contribution in [0.4, 0.5) is 13.2 Å². The minimum absolute atomic E-state index is 0.232. The highest BCUT2D eigenvalue weighted by atomic mass is 19.4. The first-order chi connectivity index (χ1) is 8.24. The maximum Gasteiger partial charge on any atom is 0.433 e. The van der Waals surface area contributed by atoms with Crippen molar-refractivity contribution in [1.29, 1.82) is 0 Å². The molecule has 0 bridgehead atoms. The van der Waals surface area contributed by atoms with Gasteiger partial charge in [-0.15, -0.1) is 0 Å². The normalized spacial score (nSPS) is 13.8. The average Bonchev–Trinajstić information content (AvgIpc) is 2.11. The Bertz CT molecular complexity index is 474. The van der Waals surface area contributed by atoms with Crippen molar-refractivity contribution in [3.8, 4) is 0 Å². The number of hydrogen-bond donors (Lipinski definition) is 0. The molecule has 0 atom stereocenters. The monoisotopic (exact) mass is 273 g/mol. The molecular formula is C15H22F3N. The zero-order valence-electron chi connectivity index (χ0n) is 12.7. The molecule has 0 fully saturated rings. The Balaban J connectivity index is 3.68. The summed E-state index contributed by atoms with van der Waals surface area (Å²) < 4.78 is 38.7. The largest absolute Gasteiger partial charge is 0.433 e. The van der Waals surface area contributed by atoms with E-state index in [1.807, 2.05) is 41.5 Å². The summed E-state index contributed by atoms with van der Waals surface area (Å²) in [4.78, 5) is 3.76. The highest BCUT2D eigenvalue weighted by Crippen LogP contribution is 2.38. The average molecular weight is 273 g/mol. The Hall–Kier alpha value is -1.06. The summed E-state index contributed by atoms with van der Waals surface area (Å²) in [6.07, 6.45) is -4.40. The predicted molar refractivity (Wildman–Crippen MR) is 71.4 cm³/mol. The lowest BCUT2D eigenvalue weighted by atomic mass is 9.74. The first-order valence-corrected chi connectivity index (χ1v) is 6.34. The Labute approximate surface area is 113 Å². The lowest BCUT2D eigenvalue weighted by Crippen LogP contribution is -2.26. The van der Waals surface area contributed by atoms with Crippen molar-refractivity contribution >= 4 is 0 Å². The number of nitrogens with zero attached hydrogens (tertiary/aromatic N) is 1. The summed E-state index contributed by atoms with van der Waals surface area (Å²) in [5.41, 5.74) is 0.711. The predicted octanol–water partition coefficient (Wildman–Crippen LogP) is 5.00. The van der Waals surface area contributed by atoms with E-state index in [0.29, 0.717) is 5.69 Å². The number of rotatable bonds is 0. The van der Waals surface area contributed by atoms with Crippen LogP contribution in [-0.2, 0) is 17.0 Å². The summed E-state index contributed by atoms with van der Waals surface area (Å²) in [7, 11) is 0. The second-order valence-corrected chi connectivity index (χ2v) is 7.01. The smallest absolute Gasteiger partial charge is 0.248 e. The molecule has 0 aliphatic carbocycles. The van der Waals surface area contributed by atoms with Crippen LogP contribution in [0, 0.1) is 6.92 Å². The van der Waals surface area contributed by atoms with E-state index in [0.717, 1.165) is 11.1 Å². The Kier molecular flexibility index (Phi) is 3.79. The first-order valence-electron chi connectivity index (χ1n) is 6.34. The van der Waals surface area contributed by atoms with Crippen molar-refractivity contribution in [2.45, 2.75) is 65.5 Å². The SMILES string of the molecule is Cc1nc(C(F)(F)F)cc(C(C)(C)C)c1C(C)(C)C. The quantitative estimate of drug-likeness (QED) is 0.648. The Morgan fingerprint density at radius 1 is 0.895 bits per heavy atom. The van der Waals surface area contributed by atoms with E-state index < -0.39 is 11.9 Å². The van der Waals surface area contributed by atoms with Gasteiger partial charge in [0.1, 0.15) is 5.69 Å². The summed E-state index contributed by atoms with van der Waals surface area (Å²) >= 11 is 0. The van der Waals surface area contributed by atoms with Crippen LogP contribution in [0.5, 0.6) is 0 Å². The third kappa shape index (κ3) is 3.48. The number of aromatic nitrogens is 1. The minimum atomic E-state index is -4.40. The fourth-order valence-corrected chi connectivity index (χ4v) is 2.36. The lowest BCUT2D eigenvalue weighted by Gasteiger charge is -2.32. The third-order valence-electron chi connectivity index (χ3n) is 3.05. The number of aryl methyl sites for hydroxylation is 1. The van der Waals surface area contributed by atoms with Crippen molar-refractivity contribution in [1.82, 2.24) is 4.98 Å². The van der Waals surface area contributed by atoms with Gasteiger partial charge in [-0.1, -0.05) is 41.5 Å². The molecule has 1 aromatic rings. The summed E-state index contributed by atoms with van der Waals surface area (Å²) in [6, 6.07) is 1.20. The Morgan fingerprint density at radius 3 is 1.68 bits per heavy atom. The molecular weight excluding hydrogens is 251 g/mol. The molecule has 19 heavy (non-hydrogen) atoms. The van der Waals surface area contributed by atoms with Crippen LogP contribution in [0.2, 0.25) is 0 Å². The molecule has 0 spiro atoms. The van der Waals surface area contributed by atoms with Gasteiger partial charge in [-0.2, -0.15) is 13.2 Å². The zero-order valence-corrected chi connectivity index (χ0v) is 12.7. The highest BCUT2D eigenvalue weighted by molar-refractivity contribution is 5.42. The van der Waals surface area contributed by atoms with Crippen molar-refractivity contribution in [2.24, 2.45) is 0 Å². The Morgan fingerprint density at radius 2 is 1.37 bits per heavy atom. The molecule has 0 aromatic carbocycles. The number of halogens is 3. The fraction of sp³-hybridized carbons (Fsp3) is 0.667. The molecule has 0 saturated heterocycles. The zero-order chi connectivity index (χ0) is 15.2. The number of pyridine rings is 1. The number of hydrogen-bond acceptors (Lipinski definition) is 1. The molecule has 1 heterocycles. The maximum absolute atomic E-state index is 12.9.